The number of hydrogen-bond acceptors (Lipinski definition) is 5. The van der Waals surface area contributed by atoms with Gasteiger partial charge in [0.15, 0.2) is 5.75 Å². The molecule has 0 aliphatic carbocycles. The van der Waals surface area contributed by atoms with Gasteiger partial charge in [0.2, 0.25) is 5.91 Å². The molecule has 3 aromatic carbocycles. The number of nitrogens with zero attached hydrogens (tertiary/aromatic N) is 2. The zero-order valence-electron chi connectivity index (χ0n) is 20.9. The van der Waals surface area contributed by atoms with Crippen LogP contribution in [0.5, 0.6) is 5.75 Å². The summed E-state index contributed by atoms with van der Waals surface area (Å²) in [5, 5.41) is 21.3. The highest BCUT2D eigenvalue weighted by atomic mass is 16.6. The van der Waals surface area contributed by atoms with Crippen molar-refractivity contribution in [3.05, 3.63) is 106 Å². The lowest BCUT2D eigenvalue weighted by molar-refractivity contribution is -0.387. The Labute approximate surface area is 212 Å². The van der Waals surface area contributed by atoms with Crippen molar-refractivity contribution in [2.75, 3.05) is 13.7 Å². The average molecular weight is 491 g/mol. The van der Waals surface area contributed by atoms with Crippen LogP contribution in [-0.4, -0.2) is 34.5 Å². The fourth-order valence-electron chi connectivity index (χ4n) is 4.33. The highest BCUT2D eigenvalue weighted by Gasteiger charge is 2.24. The van der Waals surface area contributed by atoms with E-state index in [1.165, 1.54) is 13.0 Å². The largest absolute Gasteiger partial charge is 0.487 e. The molecule has 0 aliphatic heterocycles. The van der Waals surface area contributed by atoms with Crippen LogP contribution in [0.3, 0.4) is 0 Å². The normalized spacial score (nSPS) is 11.8. The molecule has 3 rings (SSSR count). The number of carbonyl (C=O) groups is 1. The fraction of sp³-hybridized carbons (Fsp3) is 0.345. The molecule has 1 N–H and O–H groups in total. The third-order valence-corrected chi connectivity index (χ3v) is 6.22. The topological polar surface area (TPSA) is 92.9 Å². The Bertz CT molecular complexity index is 1080. The Hall–Kier alpha value is -3.71. The second kappa shape index (κ2) is 13.4. The fourth-order valence-corrected chi connectivity index (χ4v) is 4.33. The number of unbranched alkanes of at least 4 members (excludes halogenated alkanes) is 3. The molecule has 36 heavy (non-hydrogen) atoms. The summed E-state index contributed by atoms with van der Waals surface area (Å²) in [6.45, 7) is 1.83. The summed E-state index contributed by atoms with van der Waals surface area (Å²) in [6.07, 6.45) is 2.69. The molecule has 0 saturated heterocycles. The molecule has 0 heterocycles. The van der Waals surface area contributed by atoms with E-state index < -0.39 is 11.0 Å². The first-order valence-electron chi connectivity index (χ1n) is 12.3. The SMILES string of the molecule is CC(O)c1cccc(OCCCCCCC(=O)N(C)C(c2ccccc2)c2ccccc2)c1[N+](=O)[O-]. The van der Waals surface area contributed by atoms with Crippen molar-refractivity contribution < 1.29 is 19.6 Å². The number of amides is 1. The minimum absolute atomic E-state index is 0.0921. The van der Waals surface area contributed by atoms with E-state index in [0.717, 1.165) is 36.8 Å². The molecule has 0 aromatic heterocycles. The standard InChI is InChI=1S/C29H34N2O5/c1-22(32)25-18-13-19-26(29(25)31(34)35)36-21-12-4-3-11-20-27(33)30(2)28(23-14-7-5-8-15-23)24-16-9-6-10-17-24/h5-10,13-19,22,28,32H,3-4,11-12,20-21H2,1-2H3. The Morgan fingerprint density at radius 2 is 1.50 bits per heavy atom. The number of nitro groups is 1. The van der Waals surface area contributed by atoms with Crippen LogP contribution in [0.1, 0.15) is 67.9 Å². The molecule has 0 fully saturated rings. The Morgan fingerprint density at radius 3 is 2.06 bits per heavy atom. The predicted octanol–water partition coefficient (Wildman–Crippen LogP) is 6.23. The van der Waals surface area contributed by atoms with E-state index in [2.05, 4.69) is 0 Å². The lowest BCUT2D eigenvalue weighted by atomic mass is 9.97. The first-order valence-corrected chi connectivity index (χ1v) is 12.3. The Kier molecular flexibility index (Phi) is 10.0. The van der Waals surface area contributed by atoms with Gasteiger partial charge in [-0.2, -0.15) is 0 Å². The van der Waals surface area contributed by atoms with Gasteiger partial charge in [0, 0.05) is 13.5 Å². The maximum Gasteiger partial charge on any atom is 0.316 e. The molecule has 0 bridgehead atoms. The second-order valence-corrected chi connectivity index (χ2v) is 8.87. The maximum absolute atomic E-state index is 13.0. The number of para-hydroxylation sites is 1. The summed E-state index contributed by atoms with van der Waals surface area (Å²) in [7, 11) is 1.86. The zero-order chi connectivity index (χ0) is 25.9. The molecular weight excluding hydrogens is 456 g/mol. The van der Waals surface area contributed by atoms with E-state index in [1.54, 1.807) is 12.1 Å². The van der Waals surface area contributed by atoms with Gasteiger partial charge in [-0.25, -0.2) is 0 Å². The van der Waals surface area contributed by atoms with E-state index in [4.69, 9.17) is 4.74 Å². The molecule has 1 amide bonds. The van der Waals surface area contributed by atoms with E-state index in [1.807, 2.05) is 72.6 Å². The number of hydrogen-bond donors (Lipinski definition) is 1. The van der Waals surface area contributed by atoms with E-state index >= 15 is 0 Å². The van der Waals surface area contributed by atoms with Crippen molar-refractivity contribution in [1.82, 2.24) is 4.90 Å². The van der Waals surface area contributed by atoms with Crippen molar-refractivity contribution >= 4 is 11.6 Å². The van der Waals surface area contributed by atoms with Crippen LogP contribution < -0.4 is 4.74 Å². The molecule has 0 aliphatic rings. The molecule has 0 saturated carbocycles. The summed E-state index contributed by atoms with van der Waals surface area (Å²) < 4.78 is 5.66. The number of benzene rings is 3. The minimum Gasteiger partial charge on any atom is -0.487 e. The molecule has 1 atom stereocenters. The summed E-state index contributed by atoms with van der Waals surface area (Å²) in [6, 6.07) is 24.7. The van der Waals surface area contributed by atoms with Crippen LogP contribution in [0.25, 0.3) is 0 Å². The predicted molar refractivity (Wildman–Crippen MR) is 140 cm³/mol. The third-order valence-electron chi connectivity index (χ3n) is 6.22. The summed E-state index contributed by atoms with van der Waals surface area (Å²) in [5.41, 5.74) is 2.20. The van der Waals surface area contributed by atoms with Gasteiger partial charge in [-0.15, -0.1) is 0 Å². The van der Waals surface area contributed by atoms with Gasteiger partial charge in [0.25, 0.3) is 0 Å². The summed E-state index contributed by atoms with van der Waals surface area (Å²) in [4.78, 5) is 25.8. The molecule has 1 unspecified atom stereocenters. The van der Waals surface area contributed by atoms with Crippen molar-refractivity contribution in [3.8, 4) is 5.75 Å². The van der Waals surface area contributed by atoms with Crippen molar-refractivity contribution in [2.24, 2.45) is 0 Å². The van der Waals surface area contributed by atoms with Crippen LogP contribution in [0, 0.1) is 10.1 Å². The van der Waals surface area contributed by atoms with Crippen LogP contribution in [0.15, 0.2) is 78.9 Å². The van der Waals surface area contributed by atoms with Gasteiger partial charge in [0.05, 0.1) is 29.2 Å². The van der Waals surface area contributed by atoms with Crippen molar-refractivity contribution in [2.45, 2.75) is 51.2 Å². The zero-order valence-corrected chi connectivity index (χ0v) is 20.9. The molecule has 190 valence electrons. The van der Waals surface area contributed by atoms with Gasteiger partial charge < -0.3 is 14.7 Å². The maximum atomic E-state index is 13.0. The second-order valence-electron chi connectivity index (χ2n) is 8.87. The molecule has 0 spiro atoms. The number of aliphatic hydroxyl groups is 1. The van der Waals surface area contributed by atoms with Crippen LogP contribution >= 0.6 is 0 Å². The quantitative estimate of drug-likeness (QED) is 0.174. The molecule has 3 aromatic rings. The highest BCUT2D eigenvalue weighted by Crippen LogP contribution is 2.34. The minimum atomic E-state index is -0.951. The number of nitro benzene ring substituents is 1. The molecule has 7 heteroatoms. The van der Waals surface area contributed by atoms with Gasteiger partial charge in [0.1, 0.15) is 0 Å². The molecular formula is C29H34N2O5. The monoisotopic (exact) mass is 490 g/mol. The first kappa shape index (κ1) is 26.9. The van der Waals surface area contributed by atoms with E-state index in [9.17, 15) is 20.0 Å². The summed E-state index contributed by atoms with van der Waals surface area (Å²) in [5.74, 6) is 0.262. The van der Waals surface area contributed by atoms with Gasteiger partial charge >= 0.3 is 5.69 Å². The van der Waals surface area contributed by atoms with E-state index in [-0.39, 0.29) is 28.9 Å². The molecule has 0 radical (unpaired) electrons. The first-order chi connectivity index (χ1) is 17.4. The number of carbonyl (C=O) groups excluding carboxylic acids is 1. The van der Waals surface area contributed by atoms with Gasteiger partial charge in [-0.3, -0.25) is 14.9 Å². The van der Waals surface area contributed by atoms with Crippen LogP contribution in [0.4, 0.5) is 5.69 Å². The Morgan fingerprint density at radius 1 is 0.917 bits per heavy atom. The lowest BCUT2D eigenvalue weighted by Crippen LogP contribution is -2.31. The number of aliphatic hydroxyl groups excluding tert-OH is 1. The molecule has 7 nitrogen and oxygen atoms in total. The summed E-state index contributed by atoms with van der Waals surface area (Å²) >= 11 is 0. The van der Waals surface area contributed by atoms with Crippen molar-refractivity contribution in [1.29, 1.82) is 0 Å². The number of rotatable bonds is 13. The smallest absolute Gasteiger partial charge is 0.316 e. The Balaban J connectivity index is 1.47. The van der Waals surface area contributed by atoms with Crippen LogP contribution in [-0.2, 0) is 4.79 Å². The third kappa shape index (κ3) is 7.15. The van der Waals surface area contributed by atoms with E-state index in [0.29, 0.717) is 13.0 Å². The average Bonchev–Trinajstić information content (AvgIpc) is 2.89. The number of ether oxygens (including phenoxy) is 1. The van der Waals surface area contributed by atoms with Gasteiger partial charge in [-0.1, -0.05) is 79.6 Å². The highest BCUT2D eigenvalue weighted by molar-refractivity contribution is 5.77. The van der Waals surface area contributed by atoms with Gasteiger partial charge in [-0.05, 0) is 43.0 Å². The van der Waals surface area contributed by atoms with Crippen molar-refractivity contribution in [3.63, 3.8) is 0 Å². The lowest BCUT2D eigenvalue weighted by Gasteiger charge is -2.29. The van der Waals surface area contributed by atoms with Crippen LogP contribution in [0.2, 0.25) is 0 Å².